The Balaban J connectivity index is 2.96. The summed E-state index contributed by atoms with van der Waals surface area (Å²) in [5.41, 5.74) is 8.99. The number of rotatable bonds is 4. The summed E-state index contributed by atoms with van der Waals surface area (Å²) in [5.74, 6) is 0. The molecule has 0 aliphatic heterocycles. The minimum atomic E-state index is -0.535. The zero-order chi connectivity index (χ0) is 9.68. The molecule has 0 aliphatic carbocycles. The molecule has 1 unspecified atom stereocenters. The van der Waals surface area contributed by atoms with Crippen LogP contribution < -0.4 is 0 Å². The Labute approximate surface area is 75.5 Å². The van der Waals surface area contributed by atoms with Gasteiger partial charge >= 0.3 is 0 Å². The first kappa shape index (κ1) is 9.57. The molecule has 0 amide bonds. The van der Waals surface area contributed by atoms with Crippen molar-refractivity contribution < 1.29 is 5.11 Å². The molecule has 0 aliphatic rings. The third-order valence-corrected chi connectivity index (χ3v) is 1.79. The summed E-state index contributed by atoms with van der Waals surface area (Å²) in [5, 5.41) is 12.4. The van der Waals surface area contributed by atoms with Gasteiger partial charge in [-0.1, -0.05) is 5.11 Å². The molecular weight excluding hydrogens is 170 g/mol. The summed E-state index contributed by atoms with van der Waals surface area (Å²) >= 11 is 0. The predicted octanol–water partition coefficient (Wildman–Crippen LogP) is 1.25. The summed E-state index contributed by atoms with van der Waals surface area (Å²) in [4.78, 5) is 6.57. The van der Waals surface area contributed by atoms with Gasteiger partial charge in [-0.05, 0) is 12.5 Å². The topological polar surface area (TPSA) is 86.8 Å². The second-order valence-electron chi connectivity index (χ2n) is 2.51. The number of nitrogens with zero attached hydrogens (tertiary/aromatic N) is 5. The maximum absolute atomic E-state index is 8.94. The molecule has 0 spiro atoms. The van der Waals surface area contributed by atoms with E-state index in [0.717, 1.165) is 12.2 Å². The zero-order valence-corrected chi connectivity index (χ0v) is 7.33. The van der Waals surface area contributed by atoms with Crippen LogP contribution in [0.25, 0.3) is 10.4 Å². The number of hydrogen-bond acceptors (Lipinski definition) is 3. The van der Waals surface area contributed by atoms with Gasteiger partial charge in [0, 0.05) is 23.3 Å². The van der Waals surface area contributed by atoms with E-state index in [9.17, 15) is 0 Å². The Morgan fingerprint density at radius 3 is 3.15 bits per heavy atom. The normalized spacial score (nSPS) is 12.2. The Morgan fingerprint density at radius 1 is 1.85 bits per heavy atom. The summed E-state index contributed by atoms with van der Waals surface area (Å²) in [6.45, 7) is 2.50. The van der Waals surface area contributed by atoms with E-state index in [2.05, 4.69) is 15.0 Å². The highest BCUT2D eigenvalue weighted by atomic mass is 16.3. The molecule has 1 atom stereocenters. The third kappa shape index (κ3) is 1.99. The fourth-order valence-electron chi connectivity index (χ4n) is 1.12. The average Bonchev–Trinajstić information content (AvgIpc) is 2.61. The largest absolute Gasteiger partial charge is 0.396 e. The molecular formula is C7H11N5O. The Kier molecular flexibility index (Phi) is 3.31. The smallest absolute Gasteiger partial charge is 0.102 e. The van der Waals surface area contributed by atoms with E-state index in [-0.39, 0.29) is 6.61 Å². The van der Waals surface area contributed by atoms with Gasteiger partial charge in [0.2, 0.25) is 0 Å². The molecule has 1 aromatic rings. The molecule has 0 radical (unpaired) electrons. The first-order valence-corrected chi connectivity index (χ1v) is 3.98. The third-order valence-electron chi connectivity index (χ3n) is 1.79. The van der Waals surface area contributed by atoms with Gasteiger partial charge in [0.1, 0.15) is 6.04 Å². The number of aromatic nitrogens is 2. The highest BCUT2D eigenvalue weighted by molar-refractivity contribution is 5.05. The Hall–Kier alpha value is -1.52. The zero-order valence-electron chi connectivity index (χ0n) is 7.33. The summed E-state index contributed by atoms with van der Waals surface area (Å²) in [7, 11) is 0. The molecule has 0 saturated carbocycles. The second-order valence-corrected chi connectivity index (χ2v) is 2.51. The van der Waals surface area contributed by atoms with Crippen LogP contribution in [0.5, 0.6) is 0 Å². The number of imidazole rings is 1. The van der Waals surface area contributed by atoms with Crippen molar-refractivity contribution in [3.05, 3.63) is 28.7 Å². The first-order chi connectivity index (χ1) is 6.33. The van der Waals surface area contributed by atoms with E-state index in [1.54, 1.807) is 12.5 Å². The van der Waals surface area contributed by atoms with Gasteiger partial charge in [-0.15, -0.1) is 0 Å². The number of hydrogen-bond donors (Lipinski definition) is 1. The van der Waals surface area contributed by atoms with E-state index >= 15 is 0 Å². The van der Waals surface area contributed by atoms with Crippen LogP contribution in [0.2, 0.25) is 0 Å². The summed E-state index contributed by atoms with van der Waals surface area (Å²) < 4.78 is 1.83. The number of aliphatic hydroxyl groups is 1. The van der Waals surface area contributed by atoms with Crippen molar-refractivity contribution in [3.63, 3.8) is 0 Å². The molecule has 6 heteroatoms. The van der Waals surface area contributed by atoms with Gasteiger partial charge in [-0.3, -0.25) is 0 Å². The van der Waals surface area contributed by atoms with Crippen molar-refractivity contribution in [3.8, 4) is 0 Å². The SMILES string of the molecule is CCn1cncc1C(CO)N=[N+]=[N-]. The molecule has 0 fully saturated rings. The predicted molar refractivity (Wildman–Crippen MR) is 46.9 cm³/mol. The number of aryl methyl sites for hydroxylation is 1. The molecule has 0 aromatic carbocycles. The van der Waals surface area contributed by atoms with Crippen molar-refractivity contribution in [1.82, 2.24) is 9.55 Å². The summed E-state index contributed by atoms with van der Waals surface area (Å²) in [6, 6.07) is -0.535. The highest BCUT2D eigenvalue weighted by Crippen LogP contribution is 2.16. The van der Waals surface area contributed by atoms with Gasteiger partial charge in [0.15, 0.2) is 0 Å². The fraction of sp³-hybridized carbons (Fsp3) is 0.571. The van der Waals surface area contributed by atoms with Crippen LogP contribution in [-0.2, 0) is 6.54 Å². The van der Waals surface area contributed by atoms with E-state index in [4.69, 9.17) is 10.6 Å². The molecule has 70 valence electrons. The second kappa shape index (κ2) is 4.49. The maximum Gasteiger partial charge on any atom is 0.102 e. The monoisotopic (exact) mass is 181 g/mol. The minimum absolute atomic E-state index is 0.199. The molecule has 6 nitrogen and oxygen atoms in total. The Bertz CT molecular complexity index is 314. The van der Waals surface area contributed by atoms with Gasteiger partial charge in [0.25, 0.3) is 0 Å². The number of aliphatic hydroxyl groups excluding tert-OH is 1. The van der Waals surface area contributed by atoms with Gasteiger partial charge < -0.3 is 9.67 Å². The molecule has 1 rings (SSSR count). The molecule has 1 N–H and O–H groups in total. The van der Waals surface area contributed by atoms with Crippen LogP contribution in [0, 0.1) is 0 Å². The van der Waals surface area contributed by atoms with Crippen LogP contribution in [-0.4, -0.2) is 21.3 Å². The fourth-order valence-corrected chi connectivity index (χ4v) is 1.12. The van der Waals surface area contributed by atoms with Gasteiger partial charge in [-0.25, -0.2) is 4.98 Å². The molecule has 1 heterocycles. The molecule has 13 heavy (non-hydrogen) atoms. The molecule has 0 bridgehead atoms. The highest BCUT2D eigenvalue weighted by Gasteiger charge is 2.11. The van der Waals surface area contributed by atoms with Crippen molar-refractivity contribution in [2.75, 3.05) is 6.61 Å². The van der Waals surface area contributed by atoms with Crippen molar-refractivity contribution in [2.45, 2.75) is 19.5 Å². The van der Waals surface area contributed by atoms with Crippen molar-refractivity contribution in [2.24, 2.45) is 5.11 Å². The lowest BCUT2D eigenvalue weighted by Crippen LogP contribution is -2.07. The molecule has 1 aromatic heterocycles. The average molecular weight is 181 g/mol. The van der Waals surface area contributed by atoms with Crippen molar-refractivity contribution in [1.29, 1.82) is 0 Å². The van der Waals surface area contributed by atoms with Crippen LogP contribution in [0.3, 0.4) is 0 Å². The Morgan fingerprint density at radius 2 is 2.62 bits per heavy atom. The number of azide groups is 1. The van der Waals surface area contributed by atoms with Crippen LogP contribution in [0.15, 0.2) is 17.6 Å². The standard InChI is InChI=1S/C7H11N5O/c1-2-12-5-9-3-7(12)6(4-13)10-11-8/h3,5-6,13H,2,4H2,1H3. The van der Waals surface area contributed by atoms with Crippen LogP contribution >= 0.6 is 0 Å². The van der Waals surface area contributed by atoms with Crippen LogP contribution in [0.4, 0.5) is 0 Å². The van der Waals surface area contributed by atoms with Gasteiger partial charge in [-0.2, -0.15) is 0 Å². The van der Waals surface area contributed by atoms with Crippen molar-refractivity contribution >= 4 is 0 Å². The van der Waals surface area contributed by atoms with E-state index in [0.29, 0.717) is 0 Å². The summed E-state index contributed by atoms with van der Waals surface area (Å²) in [6.07, 6.45) is 3.24. The molecule has 0 saturated heterocycles. The van der Waals surface area contributed by atoms with Gasteiger partial charge in [0.05, 0.1) is 12.9 Å². The van der Waals surface area contributed by atoms with E-state index in [1.807, 2.05) is 11.5 Å². The van der Waals surface area contributed by atoms with Crippen LogP contribution in [0.1, 0.15) is 18.7 Å². The lowest BCUT2D eigenvalue weighted by molar-refractivity contribution is 0.263. The first-order valence-electron chi connectivity index (χ1n) is 3.98. The lowest BCUT2D eigenvalue weighted by atomic mass is 10.2. The lowest BCUT2D eigenvalue weighted by Gasteiger charge is -2.09. The van der Waals surface area contributed by atoms with E-state index in [1.165, 1.54) is 0 Å². The maximum atomic E-state index is 8.94. The quantitative estimate of drug-likeness (QED) is 0.430. The minimum Gasteiger partial charge on any atom is -0.396 e. The van der Waals surface area contributed by atoms with E-state index < -0.39 is 6.04 Å².